The molecule has 0 atom stereocenters. The van der Waals surface area contributed by atoms with Gasteiger partial charge in [0.25, 0.3) is 0 Å². The van der Waals surface area contributed by atoms with E-state index < -0.39 is 17.9 Å². The van der Waals surface area contributed by atoms with Gasteiger partial charge in [0.2, 0.25) is 0 Å². The number of hydrogen-bond acceptors (Lipinski definition) is 4. The molecule has 136 valence electrons. The van der Waals surface area contributed by atoms with Gasteiger partial charge in [0.05, 0.1) is 0 Å². The lowest BCUT2D eigenvalue weighted by molar-refractivity contribution is -0.147. The van der Waals surface area contributed by atoms with Crippen LogP contribution < -0.4 is 9.47 Å². The van der Waals surface area contributed by atoms with E-state index in [-0.39, 0.29) is 11.5 Å². The van der Waals surface area contributed by atoms with Crippen molar-refractivity contribution < 1.29 is 19.1 Å². The van der Waals surface area contributed by atoms with Crippen LogP contribution in [0.2, 0.25) is 10.0 Å². The van der Waals surface area contributed by atoms with Crippen molar-refractivity contribution in [3.8, 4) is 11.5 Å². The summed E-state index contributed by atoms with van der Waals surface area (Å²) >= 11 is 11.7. The normalized spacial score (nSPS) is 10.5. The van der Waals surface area contributed by atoms with Gasteiger partial charge >= 0.3 is 11.9 Å². The lowest BCUT2D eigenvalue weighted by Crippen LogP contribution is -2.29. The molecule has 0 N–H and O–H groups in total. The van der Waals surface area contributed by atoms with Crippen LogP contribution in [0.4, 0.5) is 0 Å². The van der Waals surface area contributed by atoms with Crippen LogP contribution in [0.15, 0.2) is 78.9 Å². The van der Waals surface area contributed by atoms with Crippen molar-refractivity contribution in [1.82, 2.24) is 0 Å². The number of carbonyl (C=O) groups excluding carboxylic acids is 2. The van der Waals surface area contributed by atoms with E-state index in [9.17, 15) is 9.59 Å². The van der Waals surface area contributed by atoms with Crippen LogP contribution in [-0.4, -0.2) is 11.9 Å². The highest BCUT2D eigenvalue weighted by atomic mass is 35.5. The van der Waals surface area contributed by atoms with E-state index in [1.807, 2.05) is 0 Å². The summed E-state index contributed by atoms with van der Waals surface area (Å²) in [5, 5.41) is 1.02. The number of carbonyl (C=O) groups is 2. The summed E-state index contributed by atoms with van der Waals surface area (Å²) in [6.45, 7) is 0. The molecule has 0 bridgehead atoms. The molecule has 4 nitrogen and oxygen atoms in total. The molecule has 0 heterocycles. The third kappa shape index (κ3) is 5.09. The fourth-order valence-electron chi connectivity index (χ4n) is 2.37. The molecule has 0 spiro atoms. The molecule has 3 aromatic carbocycles. The van der Waals surface area contributed by atoms with Gasteiger partial charge in [-0.15, -0.1) is 0 Å². The van der Waals surface area contributed by atoms with Gasteiger partial charge in [0.1, 0.15) is 11.5 Å². The zero-order valence-electron chi connectivity index (χ0n) is 14.0. The van der Waals surface area contributed by atoms with E-state index >= 15 is 0 Å². The Morgan fingerprint density at radius 3 is 1.44 bits per heavy atom. The molecule has 0 unspecified atom stereocenters. The van der Waals surface area contributed by atoms with Crippen molar-refractivity contribution in [1.29, 1.82) is 0 Å². The van der Waals surface area contributed by atoms with Crippen LogP contribution in [0.5, 0.6) is 11.5 Å². The number of ether oxygens (including phenoxy) is 2. The molecule has 0 fully saturated rings. The molecule has 0 amide bonds. The largest absolute Gasteiger partial charge is 0.426 e. The van der Waals surface area contributed by atoms with Crippen molar-refractivity contribution in [2.24, 2.45) is 0 Å². The van der Waals surface area contributed by atoms with Crippen molar-refractivity contribution >= 4 is 35.1 Å². The molecule has 0 saturated heterocycles. The number of rotatable bonds is 5. The fourth-order valence-corrected chi connectivity index (χ4v) is 2.62. The third-order valence-electron chi connectivity index (χ3n) is 3.67. The Labute approximate surface area is 166 Å². The van der Waals surface area contributed by atoms with E-state index in [4.69, 9.17) is 32.7 Å². The summed E-state index contributed by atoms with van der Waals surface area (Å²) < 4.78 is 10.7. The lowest BCUT2D eigenvalue weighted by Gasteiger charge is -2.15. The van der Waals surface area contributed by atoms with Crippen molar-refractivity contribution in [2.45, 2.75) is 5.92 Å². The minimum atomic E-state index is -1.24. The maximum Gasteiger partial charge on any atom is 0.330 e. The predicted molar refractivity (Wildman–Crippen MR) is 103 cm³/mol. The molecule has 3 aromatic rings. The SMILES string of the molecule is O=C(Oc1ccc(Cl)cc1)C(C(=O)Oc1ccc(Cl)cc1)c1ccccc1. The van der Waals surface area contributed by atoms with E-state index in [1.165, 1.54) is 0 Å². The van der Waals surface area contributed by atoms with Gasteiger partial charge < -0.3 is 9.47 Å². The van der Waals surface area contributed by atoms with Crippen LogP contribution >= 0.6 is 23.2 Å². The Hall–Kier alpha value is -2.82. The second-order valence-corrected chi connectivity index (χ2v) is 6.47. The minimum Gasteiger partial charge on any atom is -0.426 e. The first-order chi connectivity index (χ1) is 13.0. The Balaban J connectivity index is 1.84. The highest BCUT2D eigenvalue weighted by Gasteiger charge is 2.32. The van der Waals surface area contributed by atoms with Gasteiger partial charge in [-0.25, -0.2) is 0 Å². The quantitative estimate of drug-likeness (QED) is 0.331. The van der Waals surface area contributed by atoms with E-state index in [1.54, 1.807) is 78.9 Å². The molecule has 0 radical (unpaired) electrons. The van der Waals surface area contributed by atoms with Crippen LogP contribution in [-0.2, 0) is 9.59 Å². The van der Waals surface area contributed by atoms with Crippen molar-refractivity contribution in [3.05, 3.63) is 94.5 Å². The molecule has 0 aliphatic rings. The summed E-state index contributed by atoms with van der Waals surface area (Å²) in [5.74, 6) is -2.17. The Kier molecular flexibility index (Phi) is 6.12. The molecule has 0 aliphatic heterocycles. The van der Waals surface area contributed by atoms with Gasteiger partial charge in [-0.3, -0.25) is 9.59 Å². The summed E-state index contributed by atoms with van der Waals surface area (Å²) in [6, 6.07) is 21.1. The number of esters is 2. The topological polar surface area (TPSA) is 52.6 Å². The molecule has 27 heavy (non-hydrogen) atoms. The zero-order chi connectivity index (χ0) is 19.2. The summed E-state index contributed by atoms with van der Waals surface area (Å²) in [7, 11) is 0. The summed E-state index contributed by atoms with van der Waals surface area (Å²) in [4.78, 5) is 25.4. The summed E-state index contributed by atoms with van der Waals surface area (Å²) in [6.07, 6.45) is 0. The smallest absolute Gasteiger partial charge is 0.330 e. The maximum atomic E-state index is 12.7. The molecule has 0 aliphatic carbocycles. The minimum absolute atomic E-state index is 0.282. The zero-order valence-corrected chi connectivity index (χ0v) is 15.5. The number of hydrogen-bond donors (Lipinski definition) is 0. The Morgan fingerprint density at radius 1 is 0.630 bits per heavy atom. The molecule has 0 aromatic heterocycles. The van der Waals surface area contributed by atoms with E-state index in [0.29, 0.717) is 15.6 Å². The highest BCUT2D eigenvalue weighted by Crippen LogP contribution is 2.24. The lowest BCUT2D eigenvalue weighted by atomic mass is 9.99. The van der Waals surface area contributed by atoms with Gasteiger partial charge in [0, 0.05) is 10.0 Å². The molecular formula is C21H14Cl2O4. The second kappa shape index (κ2) is 8.71. The molecular weight excluding hydrogens is 387 g/mol. The fraction of sp³-hybridized carbons (Fsp3) is 0.0476. The van der Waals surface area contributed by atoms with Crippen LogP contribution in [0.1, 0.15) is 11.5 Å². The first-order valence-electron chi connectivity index (χ1n) is 8.02. The van der Waals surface area contributed by atoms with E-state index in [2.05, 4.69) is 0 Å². The summed E-state index contributed by atoms with van der Waals surface area (Å²) in [5.41, 5.74) is 0.468. The first-order valence-corrected chi connectivity index (χ1v) is 8.78. The second-order valence-electron chi connectivity index (χ2n) is 5.59. The van der Waals surface area contributed by atoms with Gasteiger partial charge in [-0.2, -0.15) is 0 Å². The van der Waals surface area contributed by atoms with E-state index in [0.717, 1.165) is 0 Å². The molecule has 3 rings (SSSR count). The highest BCUT2D eigenvalue weighted by molar-refractivity contribution is 6.30. The number of halogens is 2. The number of benzene rings is 3. The van der Waals surface area contributed by atoms with Gasteiger partial charge in [-0.05, 0) is 54.1 Å². The van der Waals surface area contributed by atoms with Crippen LogP contribution in [0.25, 0.3) is 0 Å². The van der Waals surface area contributed by atoms with Gasteiger partial charge in [-0.1, -0.05) is 53.5 Å². The first kappa shape index (κ1) is 19.0. The third-order valence-corrected chi connectivity index (χ3v) is 4.17. The average molecular weight is 401 g/mol. The standard InChI is InChI=1S/C21H14Cl2O4/c22-15-6-10-17(11-7-15)26-20(24)19(14-4-2-1-3-5-14)21(25)27-18-12-8-16(23)9-13-18/h1-13,19H. The van der Waals surface area contributed by atoms with Crippen LogP contribution in [0.3, 0.4) is 0 Å². The predicted octanol–water partition coefficient (Wildman–Crippen LogP) is 5.29. The monoisotopic (exact) mass is 400 g/mol. The Morgan fingerprint density at radius 2 is 1.04 bits per heavy atom. The van der Waals surface area contributed by atoms with Crippen LogP contribution in [0, 0.1) is 0 Å². The molecule has 6 heteroatoms. The average Bonchev–Trinajstić information content (AvgIpc) is 2.66. The Bertz CT molecular complexity index is 863. The van der Waals surface area contributed by atoms with Crippen molar-refractivity contribution in [2.75, 3.05) is 0 Å². The van der Waals surface area contributed by atoms with Crippen molar-refractivity contribution in [3.63, 3.8) is 0 Å². The van der Waals surface area contributed by atoms with Gasteiger partial charge in [0.15, 0.2) is 5.92 Å². The maximum absolute atomic E-state index is 12.7. The molecule has 0 saturated carbocycles.